The van der Waals surface area contributed by atoms with Crippen molar-refractivity contribution < 1.29 is 0 Å². The van der Waals surface area contributed by atoms with Crippen molar-refractivity contribution in [1.29, 1.82) is 0 Å². The van der Waals surface area contributed by atoms with Crippen LogP contribution in [0.4, 0.5) is 0 Å². The van der Waals surface area contributed by atoms with Crippen molar-refractivity contribution in [3.63, 3.8) is 0 Å². The molecule has 2 aromatic heterocycles. The molecule has 4 heteroatoms. The van der Waals surface area contributed by atoms with Crippen molar-refractivity contribution in [3.05, 3.63) is 152 Å². The van der Waals surface area contributed by atoms with Crippen LogP contribution in [0.5, 0.6) is 0 Å². The molecule has 8 aromatic rings. The second-order valence-corrected chi connectivity index (χ2v) is 12.7. The van der Waals surface area contributed by atoms with Gasteiger partial charge in [-0.3, -0.25) is 0 Å². The third kappa shape index (κ3) is 4.87. The van der Waals surface area contributed by atoms with Gasteiger partial charge in [0, 0.05) is 0 Å². The minimum absolute atomic E-state index is 0.181. The molecule has 6 aromatic carbocycles. The molecule has 0 unspecified atom stereocenters. The van der Waals surface area contributed by atoms with E-state index < -0.39 is 0 Å². The molecule has 202 valence electrons. The fraction of sp³-hybridized carbons (Fsp3) is 0. The van der Waals surface area contributed by atoms with Gasteiger partial charge in [0.1, 0.15) is 0 Å². The summed E-state index contributed by atoms with van der Waals surface area (Å²) in [6.07, 6.45) is 0. The monoisotopic (exact) mass is 615 g/mol. The first-order chi connectivity index (χ1) is 21.3. The molecule has 0 atom stereocenters. The molecule has 0 spiro atoms. The maximum absolute atomic E-state index is 5.13. The van der Waals surface area contributed by atoms with Crippen LogP contribution in [-0.2, 0) is 0 Å². The Morgan fingerprint density at radius 1 is 0.349 bits per heavy atom. The Kier molecular flexibility index (Phi) is 6.49. The normalized spacial score (nSPS) is 11.3. The quantitative estimate of drug-likeness (QED) is 0.181. The summed E-state index contributed by atoms with van der Waals surface area (Å²) in [5, 5.41) is 2.61. The second-order valence-electron chi connectivity index (χ2n) is 10.5. The summed E-state index contributed by atoms with van der Waals surface area (Å²) in [4.78, 5) is 15.3. The van der Waals surface area contributed by atoms with Gasteiger partial charge in [-0.1, -0.05) is 6.07 Å². The molecule has 0 fully saturated rings. The Balaban J connectivity index is 1.31. The van der Waals surface area contributed by atoms with E-state index in [1.807, 2.05) is 12.1 Å². The third-order valence-corrected chi connectivity index (χ3v) is 10.3. The van der Waals surface area contributed by atoms with Gasteiger partial charge in [-0.2, -0.15) is 0 Å². The van der Waals surface area contributed by atoms with Crippen molar-refractivity contribution in [1.82, 2.24) is 15.0 Å². The first-order valence-electron chi connectivity index (χ1n) is 14.3. The molecule has 0 saturated carbocycles. The molecule has 3 nitrogen and oxygen atoms in total. The summed E-state index contributed by atoms with van der Waals surface area (Å²) in [5.41, 5.74) is 7.66. The van der Waals surface area contributed by atoms with Gasteiger partial charge in [0.15, 0.2) is 0 Å². The number of nitrogens with zero attached hydrogens (tertiary/aromatic N) is 3. The standard InChI is InChI=1S/C39H25N3Se/c1-3-11-26(12-4-1)28-21-23-29(24-22-28)37-40-38(31-16-9-15-30(25-31)27-13-5-2-6-14-27)42-39(41-37)34-19-10-18-33-32-17-7-8-20-35(32)43-36(33)34/h1-25H. The zero-order valence-electron chi connectivity index (χ0n) is 23.2. The van der Waals surface area contributed by atoms with Crippen LogP contribution >= 0.6 is 0 Å². The summed E-state index contributed by atoms with van der Waals surface area (Å²) in [6, 6.07) is 53.1. The fourth-order valence-corrected chi connectivity index (χ4v) is 8.13. The fourth-order valence-electron chi connectivity index (χ4n) is 5.59. The number of hydrogen-bond donors (Lipinski definition) is 0. The molecule has 0 radical (unpaired) electrons. The number of hydrogen-bond acceptors (Lipinski definition) is 3. The summed E-state index contributed by atoms with van der Waals surface area (Å²) < 4.78 is 2.73. The van der Waals surface area contributed by atoms with E-state index in [0.29, 0.717) is 17.5 Å². The van der Waals surface area contributed by atoms with Crippen LogP contribution in [0.25, 0.3) is 75.7 Å². The molecule has 0 bridgehead atoms. The first-order valence-corrected chi connectivity index (χ1v) is 16.0. The van der Waals surface area contributed by atoms with Crippen LogP contribution in [0.2, 0.25) is 0 Å². The average molecular weight is 615 g/mol. The van der Waals surface area contributed by atoms with Crippen LogP contribution in [-0.4, -0.2) is 29.5 Å². The molecule has 2 heterocycles. The molecular weight excluding hydrogens is 589 g/mol. The Morgan fingerprint density at radius 3 is 1.63 bits per heavy atom. The van der Waals surface area contributed by atoms with Crippen molar-refractivity contribution >= 4 is 33.8 Å². The first kappa shape index (κ1) is 25.6. The molecular formula is C39H25N3Se. The van der Waals surface area contributed by atoms with E-state index in [0.717, 1.165) is 33.4 Å². The molecule has 0 amide bonds. The van der Waals surface area contributed by atoms with E-state index in [-0.39, 0.29) is 14.5 Å². The Labute approximate surface area is 255 Å². The molecule has 0 saturated heterocycles. The Bertz CT molecular complexity index is 2220. The van der Waals surface area contributed by atoms with Crippen LogP contribution < -0.4 is 0 Å². The molecule has 0 aliphatic carbocycles. The van der Waals surface area contributed by atoms with Gasteiger partial charge in [-0.15, -0.1) is 0 Å². The summed E-state index contributed by atoms with van der Waals surface area (Å²) in [7, 11) is 0. The van der Waals surface area contributed by atoms with Crippen LogP contribution in [0.1, 0.15) is 0 Å². The Morgan fingerprint density at radius 2 is 0.860 bits per heavy atom. The van der Waals surface area contributed by atoms with Crippen molar-refractivity contribution in [2.24, 2.45) is 0 Å². The Hall–Kier alpha value is -5.15. The zero-order chi connectivity index (χ0) is 28.6. The van der Waals surface area contributed by atoms with Crippen LogP contribution in [0.3, 0.4) is 0 Å². The minimum atomic E-state index is 0.181. The molecule has 43 heavy (non-hydrogen) atoms. The van der Waals surface area contributed by atoms with E-state index in [2.05, 4.69) is 140 Å². The zero-order valence-corrected chi connectivity index (χ0v) is 24.9. The maximum atomic E-state index is 5.13. The van der Waals surface area contributed by atoms with Crippen molar-refractivity contribution in [2.45, 2.75) is 0 Å². The number of fused-ring (bicyclic) bond motifs is 3. The average Bonchev–Trinajstić information content (AvgIpc) is 3.48. The number of aromatic nitrogens is 3. The van der Waals surface area contributed by atoms with Crippen molar-refractivity contribution in [3.8, 4) is 56.4 Å². The number of benzene rings is 6. The summed E-state index contributed by atoms with van der Waals surface area (Å²) in [5.74, 6) is 2.06. The SMILES string of the molecule is c1ccc(-c2ccc(-c3nc(-c4cccc(-c5ccccc5)c4)nc(-c4cccc5c4[se]c4ccccc45)n3)cc2)cc1. The predicted molar refractivity (Wildman–Crippen MR) is 179 cm³/mol. The summed E-state index contributed by atoms with van der Waals surface area (Å²) in [6.45, 7) is 0. The number of rotatable bonds is 5. The summed E-state index contributed by atoms with van der Waals surface area (Å²) >= 11 is 0.181. The van der Waals surface area contributed by atoms with Gasteiger partial charge in [0.05, 0.1) is 0 Å². The van der Waals surface area contributed by atoms with E-state index in [1.54, 1.807) is 0 Å². The molecule has 0 N–H and O–H groups in total. The van der Waals surface area contributed by atoms with Gasteiger partial charge in [0.2, 0.25) is 0 Å². The molecule has 0 aliphatic heterocycles. The van der Waals surface area contributed by atoms with Crippen LogP contribution in [0, 0.1) is 0 Å². The van der Waals surface area contributed by atoms with Gasteiger partial charge in [0.25, 0.3) is 0 Å². The van der Waals surface area contributed by atoms with Gasteiger partial charge >= 0.3 is 251 Å². The van der Waals surface area contributed by atoms with E-state index >= 15 is 0 Å². The molecule has 8 rings (SSSR count). The van der Waals surface area contributed by atoms with E-state index in [4.69, 9.17) is 15.0 Å². The van der Waals surface area contributed by atoms with Gasteiger partial charge < -0.3 is 0 Å². The van der Waals surface area contributed by atoms with E-state index in [9.17, 15) is 0 Å². The topological polar surface area (TPSA) is 38.7 Å². The van der Waals surface area contributed by atoms with Crippen molar-refractivity contribution in [2.75, 3.05) is 0 Å². The molecule has 0 aliphatic rings. The van der Waals surface area contributed by atoms with E-state index in [1.165, 1.54) is 24.9 Å². The van der Waals surface area contributed by atoms with Crippen LogP contribution in [0.15, 0.2) is 152 Å². The predicted octanol–water partition coefficient (Wildman–Crippen LogP) is 9.57. The second kappa shape index (κ2) is 10.9. The van der Waals surface area contributed by atoms with Gasteiger partial charge in [-0.05, 0) is 0 Å². The third-order valence-electron chi connectivity index (χ3n) is 7.76. The van der Waals surface area contributed by atoms with Gasteiger partial charge in [-0.25, -0.2) is 0 Å².